The van der Waals surface area contributed by atoms with Crippen molar-refractivity contribution in [2.75, 3.05) is 48.8 Å². The maximum Gasteiger partial charge on any atom is 0.187 e. The van der Waals surface area contributed by atoms with E-state index < -0.39 is 92.1 Å². The van der Waals surface area contributed by atoms with Gasteiger partial charge in [0, 0.05) is 42.2 Å². The standard InChI is InChI=1S/C26H48O14/c1-9-10-35-25-23(20(32-6)15(27)12(2)36-25)40-26-22(34-8)21(33-7)18(13(3)37-26)39-24-17(29)19(31-5)16(28)14(38-24)11-30-4/h12-29H,9-11H2,1-8H3/t12-,13-,14+,15-,16+,17+,18-,19-,20+,21?,22+,23+,24-,25+,26-/m0/s1. The summed E-state index contributed by atoms with van der Waals surface area (Å²) in [4.78, 5) is 0. The highest BCUT2D eigenvalue weighted by Crippen LogP contribution is 2.35. The lowest BCUT2D eigenvalue weighted by Gasteiger charge is -2.49. The average Bonchev–Trinajstić information content (AvgIpc) is 2.93. The molecule has 0 aromatic carbocycles. The van der Waals surface area contributed by atoms with Gasteiger partial charge in [0.1, 0.15) is 61.0 Å². The largest absolute Gasteiger partial charge is 0.388 e. The monoisotopic (exact) mass is 584 g/mol. The van der Waals surface area contributed by atoms with E-state index in [9.17, 15) is 15.3 Å². The number of aliphatic hydroxyl groups is 3. The minimum Gasteiger partial charge on any atom is -0.388 e. The van der Waals surface area contributed by atoms with Crippen molar-refractivity contribution < 1.29 is 67.4 Å². The third-order valence-corrected chi connectivity index (χ3v) is 7.62. The van der Waals surface area contributed by atoms with E-state index in [1.165, 1.54) is 35.5 Å². The summed E-state index contributed by atoms with van der Waals surface area (Å²) in [7, 11) is 7.32. The first-order chi connectivity index (χ1) is 19.2. The SMILES string of the molecule is CCCO[C@@H]1O[C@@H](C)[C@H](O)[C@@H](OC)[C@H]1O[C@@H]1O[C@@H](C)[C@H](O[C@@H]2O[C@H](COC)[C@@H](O)[C@H](OC)[C@H]2O)C(OC)[C@H]1OC. The maximum absolute atomic E-state index is 10.9. The molecule has 0 saturated carbocycles. The van der Waals surface area contributed by atoms with Crippen molar-refractivity contribution in [1.82, 2.24) is 0 Å². The second-order valence-corrected chi connectivity index (χ2v) is 10.3. The van der Waals surface area contributed by atoms with Crippen LogP contribution in [0.1, 0.15) is 27.2 Å². The van der Waals surface area contributed by atoms with Crippen LogP contribution in [0.15, 0.2) is 0 Å². The minimum absolute atomic E-state index is 0.0600. The van der Waals surface area contributed by atoms with Crippen LogP contribution < -0.4 is 0 Å². The van der Waals surface area contributed by atoms with Gasteiger partial charge >= 0.3 is 0 Å². The molecule has 236 valence electrons. The second kappa shape index (κ2) is 15.8. The number of rotatable bonds is 13. The maximum atomic E-state index is 10.9. The van der Waals surface area contributed by atoms with E-state index in [2.05, 4.69) is 0 Å². The van der Waals surface area contributed by atoms with Gasteiger partial charge in [-0.25, -0.2) is 0 Å². The fourth-order valence-corrected chi connectivity index (χ4v) is 5.46. The van der Waals surface area contributed by atoms with Crippen LogP contribution in [0.3, 0.4) is 0 Å². The van der Waals surface area contributed by atoms with Crippen molar-refractivity contribution in [2.45, 2.75) is 119 Å². The Morgan fingerprint density at radius 2 is 1.18 bits per heavy atom. The molecular weight excluding hydrogens is 536 g/mol. The Bertz CT molecular complexity index is 732. The van der Waals surface area contributed by atoms with E-state index >= 15 is 0 Å². The predicted molar refractivity (Wildman–Crippen MR) is 136 cm³/mol. The van der Waals surface area contributed by atoms with Crippen molar-refractivity contribution in [3.63, 3.8) is 0 Å². The molecule has 3 saturated heterocycles. The summed E-state index contributed by atoms with van der Waals surface area (Å²) in [5, 5.41) is 32.2. The van der Waals surface area contributed by atoms with Gasteiger partial charge < -0.3 is 67.4 Å². The third-order valence-electron chi connectivity index (χ3n) is 7.62. The van der Waals surface area contributed by atoms with Crippen LogP contribution in [0.5, 0.6) is 0 Å². The van der Waals surface area contributed by atoms with Gasteiger partial charge in [-0.15, -0.1) is 0 Å². The number of aliphatic hydroxyl groups excluding tert-OH is 3. The van der Waals surface area contributed by atoms with Gasteiger partial charge in [-0.05, 0) is 20.3 Å². The van der Waals surface area contributed by atoms with Crippen LogP contribution >= 0.6 is 0 Å². The fraction of sp³-hybridized carbons (Fsp3) is 1.00. The van der Waals surface area contributed by atoms with Gasteiger partial charge in [0.05, 0.1) is 18.8 Å². The van der Waals surface area contributed by atoms with Gasteiger partial charge in [0.15, 0.2) is 18.9 Å². The van der Waals surface area contributed by atoms with Crippen LogP contribution in [-0.4, -0.2) is 156 Å². The highest BCUT2D eigenvalue weighted by molar-refractivity contribution is 4.96. The Kier molecular flexibility index (Phi) is 13.4. The molecule has 0 aromatic heterocycles. The molecular formula is C26H48O14. The van der Waals surface area contributed by atoms with E-state index in [0.29, 0.717) is 6.61 Å². The van der Waals surface area contributed by atoms with E-state index in [1.54, 1.807) is 13.8 Å². The Balaban J connectivity index is 1.80. The topological polar surface area (TPSA) is 162 Å². The number of methoxy groups -OCH3 is 5. The zero-order valence-corrected chi connectivity index (χ0v) is 24.6. The normalized spacial score (nSPS) is 46.4. The van der Waals surface area contributed by atoms with Gasteiger partial charge in [0.2, 0.25) is 0 Å². The van der Waals surface area contributed by atoms with Crippen LogP contribution in [0.4, 0.5) is 0 Å². The lowest BCUT2D eigenvalue weighted by molar-refractivity contribution is -0.384. The van der Waals surface area contributed by atoms with Gasteiger partial charge in [-0.1, -0.05) is 6.92 Å². The van der Waals surface area contributed by atoms with Crippen LogP contribution in [0.2, 0.25) is 0 Å². The highest BCUT2D eigenvalue weighted by atomic mass is 16.8. The summed E-state index contributed by atoms with van der Waals surface area (Å²) in [6, 6.07) is 0. The third kappa shape index (κ3) is 7.32. The Morgan fingerprint density at radius 3 is 1.75 bits per heavy atom. The van der Waals surface area contributed by atoms with Gasteiger partial charge in [0.25, 0.3) is 0 Å². The number of hydrogen-bond donors (Lipinski definition) is 3. The molecule has 0 aromatic rings. The molecule has 0 spiro atoms. The molecule has 3 N–H and O–H groups in total. The summed E-state index contributed by atoms with van der Waals surface area (Å²) >= 11 is 0. The van der Waals surface area contributed by atoms with E-state index in [4.69, 9.17) is 52.1 Å². The van der Waals surface area contributed by atoms with Crippen molar-refractivity contribution >= 4 is 0 Å². The number of ether oxygens (including phenoxy) is 11. The fourth-order valence-electron chi connectivity index (χ4n) is 5.46. The zero-order valence-electron chi connectivity index (χ0n) is 24.6. The summed E-state index contributed by atoms with van der Waals surface area (Å²) in [5.41, 5.74) is 0. The quantitative estimate of drug-likeness (QED) is 0.246. The Hall–Kier alpha value is -0.560. The summed E-state index contributed by atoms with van der Waals surface area (Å²) in [6.07, 6.45) is -12.6. The first-order valence-electron chi connectivity index (χ1n) is 13.7. The van der Waals surface area contributed by atoms with Crippen molar-refractivity contribution in [1.29, 1.82) is 0 Å². The Labute approximate surface area is 235 Å². The van der Waals surface area contributed by atoms with E-state index in [0.717, 1.165) is 6.42 Å². The highest BCUT2D eigenvalue weighted by Gasteiger charge is 2.54. The van der Waals surface area contributed by atoms with E-state index in [1.807, 2.05) is 6.92 Å². The van der Waals surface area contributed by atoms with Crippen LogP contribution in [0, 0.1) is 0 Å². The molecule has 3 aliphatic heterocycles. The molecule has 0 radical (unpaired) electrons. The van der Waals surface area contributed by atoms with Gasteiger partial charge in [-0.3, -0.25) is 0 Å². The molecule has 3 aliphatic rings. The molecule has 14 nitrogen and oxygen atoms in total. The average molecular weight is 585 g/mol. The molecule has 40 heavy (non-hydrogen) atoms. The summed E-state index contributed by atoms with van der Waals surface area (Å²) in [6.45, 7) is 5.95. The molecule has 1 unspecified atom stereocenters. The first-order valence-corrected chi connectivity index (χ1v) is 13.7. The second-order valence-electron chi connectivity index (χ2n) is 10.3. The van der Waals surface area contributed by atoms with E-state index in [-0.39, 0.29) is 6.61 Å². The molecule has 3 rings (SSSR count). The molecule has 14 heteroatoms. The molecule has 15 atom stereocenters. The lowest BCUT2D eigenvalue weighted by Crippen LogP contribution is -2.66. The molecule has 0 bridgehead atoms. The smallest absolute Gasteiger partial charge is 0.187 e. The number of hydrogen-bond acceptors (Lipinski definition) is 14. The molecule has 0 amide bonds. The summed E-state index contributed by atoms with van der Waals surface area (Å²) < 4.78 is 64.1. The summed E-state index contributed by atoms with van der Waals surface area (Å²) in [5.74, 6) is 0. The zero-order chi connectivity index (χ0) is 29.6. The minimum atomic E-state index is -1.31. The molecule has 3 fully saturated rings. The van der Waals surface area contributed by atoms with Crippen molar-refractivity contribution in [3.05, 3.63) is 0 Å². The van der Waals surface area contributed by atoms with Crippen LogP contribution in [-0.2, 0) is 52.1 Å². The van der Waals surface area contributed by atoms with Crippen molar-refractivity contribution in [3.8, 4) is 0 Å². The van der Waals surface area contributed by atoms with Crippen molar-refractivity contribution in [2.24, 2.45) is 0 Å². The lowest BCUT2D eigenvalue weighted by atomic mass is 9.96. The molecule has 0 aliphatic carbocycles. The molecule has 3 heterocycles. The van der Waals surface area contributed by atoms with Crippen LogP contribution in [0.25, 0.3) is 0 Å². The van der Waals surface area contributed by atoms with Gasteiger partial charge in [-0.2, -0.15) is 0 Å². The Morgan fingerprint density at radius 1 is 0.575 bits per heavy atom. The predicted octanol–water partition coefficient (Wildman–Crippen LogP) is -0.813. The first kappa shape index (κ1) is 33.9.